The maximum Gasteiger partial charge on any atom is 0.0431 e. The van der Waals surface area contributed by atoms with Gasteiger partial charge in [0.25, 0.3) is 0 Å². The molecule has 0 bridgehead atoms. The van der Waals surface area contributed by atoms with Crippen molar-refractivity contribution in [3.05, 3.63) is 0 Å². The van der Waals surface area contributed by atoms with Crippen LogP contribution >= 0.6 is 0 Å². The molecule has 0 saturated heterocycles. The number of unbranched alkanes of at least 4 members (excludes halogenated alkanes) is 2. The predicted octanol–water partition coefficient (Wildman–Crippen LogP) is 2.89. The molecule has 0 rings (SSSR count). The molecule has 1 atom stereocenters. The second-order valence-electron chi connectivity index (χ2n) is 7.29. The Bertz CT molecular complexity index is 225. The zero-order valence-corrected chi connectivity index (χ0v) is 14.1. The second-order valence-corrected chi connectivity index (χ2v) is 7.29. The van der Waals surface area contributed by atoms with Crippen molar-refractivity contribution in [2.75, 3.05) is 33.3 Å². The predicted molar refractivity (Wildman–Crippen MR) is 84.6 cm³/mol. The minimum Gasteiger partial charge on any atom is -0.396 e. The molecule has 0 fully saturated rings. The average molecular weight is 272 g/mol. The summed E-state index contributed by atoms with van der Waals surface area (Å²) >= 11 is 0. The lowest BCUT2D eigenvalue weighted by Gasteiger charge is -2.36. The lowest BCUT2D eigenvalue weighted by molar-refractivity contribution is 0.165. The molecule has 116 valence electrons. The first kappa shape index (κ1) is 18.9. The summed E-state index contributed by atoms with van der Waals surface area (Å²) in [6.45, 7) is 15.0. The van der Waals surface area contributed by atoms with Gasteiger partial charge in [-0.2, -0.15) is 0 Å². The molecule has 0 heterocycles. The zero-order chi connectivity index (χ0) is 14.9. The largest absolute Gasteiger partial charge is 0.396 e. The maximum absolute atomic E-state index is 8.78. The van der Waals surface area contributed by atoms with Crippen molar-refractivity contribution in [1.29, 1.82) is 0 Å². The highest BCUT2D eigenvalue weighted by atomic mass is 16.2. The summed E-state index contributed by atoms with van der Waals surface area (Å²) in [5.74, 6) is 0. The molecule has 3 nitrogen and oxygen atoms in total. The quantitative estimate of drug-likeness (QED) is 0.600. The number of nitrogens with one attached hydrogen (secondary N) is 1. The van der Waals surface area contributed by atoms with Crippen molar-refractivity contribution < 1.29 is 5.11 Å². The highest BCUT2D eigenvalue weighted by Gasteiger charge is 2.25. The van der Waals surface area contributed by atoms with Gasteiger partial charge in [-0.05, 0) is 65.5 Å². The number of aliphatic hydroxyl groups is 1. The van der Waals surface area contributed by atoms with Crippen molar-refractivity contribution in [2.24, 2.45) is 5.41 Å². The number of aliphatic hydroxyl groups excluding tert-OH is 1. The van der Waals surface area contributed by atoms with Crippen LogP contribution in [-0.2, 0) is 0 Å². The van der Waals surface area contributed by atoms with Gasteiger partial charge < -0.3 is 15.3 Å². The second kappa shape index (κ2) is 8.93. The van der Waals surface area contributed by atoms with E-state index in [1.54, 1.807) is 0 Å². The summed E-state index contributed by atoms with van der Waals surface area (Å²) in [5, 5.41) is 12.4. The Morgan fingerprint density at radius 1 is 1.05 bits per heavy atom. The normalized spacial score (nSPS) is 15.8. The maximum atomic E-state index is 8.78. The molecule has 0 amide bonds. The number of rotatable bonds is 10. The van der Waals surface area contributed by atoms with Gasteiger partial charge in [-0.1, -0.05) is 13.8 Å². The van der Waals surface area contributed by atoms with Gasteiger partial charge in [-0.3, -0.25) is 0 Å². The van der Waals surface area contributed by atoms with Gasteiger partial charge in [0.15, 0.2) is 0 Å². The van der Waals surface area contributed by atoms with E-state index in [9.17, 15) is 0 Å². The fourth-order valence-corrected chi connectivity index (χ4v) is 2.17. The Morgan fingerprint density at radius 2 is 1.68 bits per heavy atom. The molecule has 0 aliphatic rings. The van der Waals surface area contributed by atoms with Crippen molar-refractivity contribution in [3.8, 4) is 0 Å². The molecular weight excluding hydrogens is 236 g/mol. The number of nitrogens with zero attached hydrogens (tertiary/aromatic N) is 1. The van der Waals surface area contributed by atoms with Gasteiger partial charge in [-0.15, -0.1) is 0 Å². The molecule has 0 aromatic carbocycles. The van der Waals surface area contributed by atoms with Crippen LogP contribution < -0.4 is 5.32 Å². The minimum absolute atomic E-state index is 0.191. The number of hydrogen-bond acceptors (Lipinski definition) is 3. The van der Waals surface area contributed by atoms with E-state index < -0.39 is 0 Å². The van der Waals surface area contributed by atoms with Gasteiger partial charge in [0.1, 0.15) is 0 Å². The third kappa shape index (κ3) is 10.3. The van der Waals surface area contributed by atoms with Crippen molar-refractivity contribution in [1.82, 2.24) is 10.2 Å². The fourth-order valence-electron chi connectivity index (χ4n) is 2.17. The molecule has 3 heteroatoms. The molecule has 19 heavy (non-hydrogen) atoms. The molecule has 0 saturated carbocycles. The Hall–Kier alpha value is -0.120. The zero-order valence-electron chi connectivity index (χ0n) is 14.1. The van der Waals surface area contributed by atoms with Crippen LogP contribution in [0.25, 0.3) is 0 Å². The molecule has 1 unspecified atom stereocenters. The first-order valence-corrected chi connectivity index (χ1v) is 7.77. The van der Waals surface area contributed by atoms with Crippen molar-refractivity contribution >= 4 is 0 Å². The molecule has 0 aliphatic carbocycles. The van der Waals surface area contributed by atoms with E-state index in [4.69, 9.17) is 5.11 Å². The molecule has 0 aromatic heterocycles. The smallest absolute Gasteiger partial charge is 0.0431 e. The highest BCUT2D eigenvalue weighted by Crippen LogP contribution is 2.22. The Kier molecular flexibility index (Phi) is 8.88. The van der Waals surface area contributed by atoms with E-state index in [2.05, 4.69) is 51.9 Å². The topological polar surface area (TPSA) is 35.5 Å². The Labute approximate surface area is 120 Å². The molecule has 0 radical (unpaired) electrons. The van der Waals surface area contributed by atoms with Gasteiger partial charge in [-0.25, -0.2) is 0 Å². The van der Waals surface area contributed by atoms with Crippen LogP contribution in [0.1, 0.15) is 60.3 Å². The molecule has 2 N–H and O–H groups in total. The van der Waals surface area contributed by atoms with Crippen LogP contribution in [0.5, 0.6) is 0 Å². The van der Waals surface area contributed by atoms with Crippen LogP contribution in [0, 0.1) is 5.41 Å². The minimum atomic E-state index is 0.191. The summed E-state index contributed by atoms with van der Waals surface area (Å²) < 4.78 is 0. The van der Waals surface area contributed by atoms with Gasteiger partial charge in [0, 0.05) is 25.2 Å². The lowest BCUT2D eigenvalue weighted by Crippen LogP contribution is -2.46. The van der Waals surface area contributed by atoms with E-state index in [0.29, 0.717) is 12.0 Å². The Morgan fingerprint density at radius 3 is 2.16 bits per heavy atom. The monoisotopic (exact) mass is 272 g/mol. The first-order valence-electron chi connectivity index (χ1n) is 7.77. The molecular formula is C16H36N2O. The average Bonchev–Trinajstić information content (AvgIpc) is 2.31. The third-order valence-corrected chi connectivity index (χ3v) is 3.75. The van der Waals surface area contributed by atoms with Crippen LogP contribution in [-0.4, -0.2) is 48.8 Å². The van der Waals surface area contributed by atoms with Gasteiger partial charge >= 0.3 is 0 Å². The Balaban J connectivity index is 4.06. The first-order chi connectivity index (χ1) is 8.72. The van der Waals surface area contributed by atoms with Gasteiger partial charge in [0.05, 0.1) is 0 Å². The van der Waals surface area contributed by atoms with E-state index >= 15 is 0 Å². The van der Waals surface area contributed by atoms with Crippen LogP contribution in [0.4, 0.5) is 0 Å². The molecule has 0 spiro atoms. The summed E-state index contributed by atoms with van der Waals surface area (Å²) in [4.78, 5) is 2.44. The molecule has 0 aromatic rings. The van der Waals surface area contributed by atoms with E-state index in [0.717, 1.165) is 32.5 Å². The van der Waals surface area contributed by atoms with E-state index in [1.807, 2.05) is 0 Å². The highest BCUT2D eigenvalue weighted by molar-refractivity contribution is 4.82. The van der Waals surface area contributed by atoms with E-state index in [1.165, 1.54) is 12.8 Å². The lowest BCUT2D eigenvalue weighted by atomic mass is 9.86. The fraction of sp³-hybridized carbons (Fsp3) is 1.00. The van der Waals surface area contributed by atoms with Gasteiger partial charge in [0.2, 0.25) is 0 Å². The third-order valence-electron chi connectivity index (χ3n) is 3.75. The number of hydrogen-bond donors (Lipinski definition) is 2. The SMILES string of the molecule is CCC(C)(CNC(C)(C)C)CN(C)CCCCCO. The standard InChI is InChI=1S/C16H36N2O/c1-7-16(5,13-17-15(2,3)4)14-18(6)11-9-8-10-12-19/h17,19H,7-14H2,1-6H3. The van der Waals surface area contributed by atoms with E-state index in [-0.39, 0.29) is 5.54 Å². The summed E-state index contributed by atoms with van der Waals surface area (Å²) in [6.07, 6.45) is 4.44. The van der Waals surface area contributed by atoms with Crippen molar-refractivity contribution in [2.45, 2.75) is 65.8 Å². The summed E-state index contributed by atoms with van der Waals surface area (Å²) in [5.41, 5.74) is 0.523. The summed E-state index contributed by atoms with van der Waals surface area (Å²) in [6, 6.07) is 0. The van der Waals surface area contributed by atoms with Crippen molar-refractivity contribution in [3.63, 3.8) is 0 Å². The van der Waals surface area contributed by atoms with Crippen LogP contribution in [0.15, 0.2) is 0 Å². The summed E-state index contributed by atoms with van der Waals surface area (Å²) in [7, 11) is 2.21. The molecule has 0 aliphatic heterocycles. The van der Waals surface area contributed by atoms with Crippen LogP contribution in [0.2, 0.25) is 0 Å². The van der Waals surface area contributed by atoms with Crippen LogP contribution in [0.3, 0.4) is 0 Å².